The maximum absolute atomic E-state index is 14.7. The van der Waals surface area contributed by atoms with Crippen molar-refractivity contribution in [2.75, 3.05) is 0 Å². The summed E-state index contributed by atoms with van der Waals surface area (Å²) in [6.45, 7) is 9.02. The van der Waals surface area contributed by atoms with E-state index in [1.165, 1.54) is 5.19 Å². The van der Waals surface area contributed by atoms with E-state index in [-0.39, 0.29) is 25.9 Å². The van der Waals surface area contributed by atoms with Crippen LogP contribution in [0.1, 0.15) is 5.56 Å². The molecule has 0 atom stereocenters. The Bertz CT molecular complexity index is 2020. The molecule has 3 nitrogen and oxygen atoms in total. The van der Waals surface area contributed by atoms with Crippen LogP contribution in [0.3, 0.4) is 0 Å². The summed E-state index contributed by atoms with van der Waals surface area (Å²) in [4.78, 5) is 8.92. The number of nitrogens with zero attached hydrogens (tertiary/aromatic N) is 2. The third kappa shape index (κ3) is 6.79. The van der Waals surface area contributed by atoms with Crippen molar-refractivity contribution in [1.29, 1.82) is 0 Å². The summed E-state index contributed by atoms with van der Waals surface area (Å²) < 4.78 is 20.8. The van der Waals surface area contributed by atoms with Gasteiger partial charge in [-0.15, -0.1) is 53.6 Å². The van der Waals surface area contributed by atoms with E-state index in [0.717, 1.165) is 44.4 Å². The van der Waals surface area contributed by atoms with Gasteiger partial charge in [0, 0.05) is 38.1 Å². The molecule has 0 saturated carbocycles. The van der Waals surface area contributed by atoms with Gasteiger partial charge in [0.2, 0.25) is 0 Å². The molecular weight excluding hydrogens is 740 g/mol. The largest absolute Gasteiger partial charge is 0.476 e. The van der Waals surface area contributed by atoms with Gasteiger partial charge in [-0.25, -0.2) is 4.39 Å². The molecule has 221 valence electrons. The molecule has 0 aliphatic heterocycles. The molecule has 7 rings (SSSR count). The summed E-state index contributed by atoms with van der Waals surface area (Å²) in [5.41, 5.74) is 7.61. The maximum Gasteiger partial charge on any atom is 0.131 e. The number of fused-ring (bicyclic) bond motifs is 3. The number of aryl methyl sites for hydroxylation is 1. The molecule has 0 aliphatic carbocycles. The first-order valence-corrected chi connectivity index (χ1v) is 17.8. The molecule has 0 unspecified atom stereocenters. The van der Waals surface area contributed by atoms with Crippen LogP contribution in [0.2, 0.25) is 19.6 Å². The molecule has 0 N–H and O–H groups in total. The zero-order valence-electron chi connectivity index (χ0n) is 25.0. The van der Waals surface area contributed by atoms with E-state index < -0.39 is 8.07 Å². The van der Waals surface area contributed by atoms with Gasteiger partial charge in [0.15, 0.2) is 0 Å². The van der Waals surface area contributed by atoms with Gasteiger partial charge in [-0.3, -0.25) is 0 Å². The van der Waals surface area contributed by atoms with Gasteiger partial charge in [-0.2, -0.15) is 0 Å². The molecular formula is C38H31FIrN2OSi-2. The minimum Gasteiger partial charge on any atom is -0.476 e. The Hall–Kier alpha value is -4.22. The van der Waals surface area contributed by atoms with E-state index >= 15 is 0 Å². The fraction of sp³-hybridized carbons (Fsp3) is 0.105. The second-order valence-electron chi connectivity index (χ2n) is 11.6. The average molecular weight is 771 g/mol. The van der Waals surface area contributed by atoms with Crippen LogP contribution in [0.4, 0.5) is 4.39 Å². The minimum absolute atomic E-state index is 0. The summed E-state index contributed by atoms with van der Waals surface area (Å²) in [5.74, 6) is -0.263. The first kappa shape index (κ1) is 31.2. The van der Waals surface area contributed by atoms with Gasteiger partial charge in [-0.05, 0) is 52.6 Å². The van der Waals surface area contributed by atoms with Crippen LogP contribution >= 0.6 is 0 Å². The van der Waals surface area contributed by atoms with E-state index in [9.17, 15) is 4.39 Å². The average Bonchev–Trinajstić information content (AvgIpc) is 3.38. The molecule has 0 amide bonds. The number of halogens is 1. The Labute approximate surface area is 272 Å². The van der Waals surface area contributed by atoms with Gasteiger partial charge in [0.25, 0.3) is 0 Å². The van der Waals surface area contributed by atoms with Crippen molar-refractivity contribution >= 4 is 35.2 Å². The van der Waals surface area contributed by atoms with Crippen molar-refractivity contribution in [2.24, 2.45) is 0 Å². The van der Waals surface area contributed by atoms with Crippen molar-refractivity contribution in [2.45, 2.75) is 26.6 Å². The van der Waals surface area contributed by atoms with Gasteiger partial charge in [0.05, 0.1) is 13.7 Å². The molecule has 1 radical (unpaired) electrons. The zero-order valence-corrected chi connectivity index (χ0v) is 28.4. The smallest absolute Gasteiger partial charge is 0.131 e. The van der Waals surface area contributed by atoms with Crippen LogP contribution in [0.5, 0.6) is 0 Å². The number of hydrogen-bond donors (Lipinski definition) is 0. The monoisotopic (exact) mass is 771 g/mol. The maximum atomic E-state index is 14.7. The second kappa shape index (κ2) is 13.2. The number of benzene rings is 4. The van der Waals surface area contributed by atoms with Crippen LogP contribution in [0, 0.1) is 24.9 Å². The summed E-state index contributed by atoms with van der Waals surface area (Å²) in [6, 6.07) is 39.2. The third-order valence-electron chi connectivity index (χ3n) is 7.38. The number of rotatable bonds is 4. The fourth-order valence-corrected chi connectivity index (χ4v) is 5.99. The molecule has 0 spiro atoms. The Morgan fingerprint density at radius 1 is 0.727 bits per heavy atom. The van der Waals surface area contributed by atoms with Crippen LogP contribution in [0.25, 0.3) is 55.6 Å². The van der Waals surface area contributed by atoms with Gasteiger partial charge >= 0.3 is 0 Å². The Morgan fingerprint density at radius 3 is 2.18 bits per heavy atom. The molecule has 3 aromatic heterocycles. The molecule has 7 aromatic rings. The van der Waals surface area contributed by atoms with Crippen molar-refractivity contribution in [3.05, 3.63) is 139 Å². The van der Waals surface area contributed by atoms with E-state index in [1.807, 2.05) is 92.0 Å². The topological polar surface area (TPSA) is 38.9 Å². The van der Waals surface area contributed by atoms with Crippen LogP contribution < -0.4 is 5.19 Å². The number of hydrogen-bond acceptors (Lipinski definition) is 3. The zero-order chi connectivity index (χ0) is 30.0. The SMILES string of the molecule is C[Si](C)(C)c1ccc(-c2[c-]cccc2)nc1.Cc1ccnc(-c2[c-]cc3c(c2)oc2cc(-c4ccccc4)c(F)cc23)c1.[Ir]. The van der Waals surface area contributed by atoms with E-state index in [2.05, 4.69) is 53.9 Å². The normalized spacial score (nSPS) is 11.1. The van der Waals surface area contributed by atoms with Crippen molar-refractivity contribution < 1.29 is 28.9 Å². The molecule has 6 heteroatoms. The molecule has 0 aliphatic rings. The summed E-state index contributed by atoms with van der Waals surface area (Å²) in [7, 11) is -1.23. The third-order valence-corrected chi connectivity index (χ3v) is 9.41. The molecule has 4 aromatic carbocycles. The Kier molecular flexibility index (Phi) is 9.35. The summed E-state index contributed by atoms with van der Waals surface area (Å²) in [5, 5.41) is 2.99. The summed E-state index contributed by atoms with van der Waals surface area (Å²) >= 11 is 0. The Balaban J connectivity index is 0.000000194. The number of pyridine rings is 2. The molecule has 3 heterocycles. The fourth-order valence-electron chi connectivity index (χ4n) is 4.95. The van der Waals surface area contributed by atoms with E-state index in [0.29, 0.717) is 16.7 Å². The second-order valence-corrected chi connectivity index (χ2v) is 16.7. The van der Waals surface area contributed by atoms with E-state index in [1.54, 1.807) is 18.3 Å². The molecule has 0 saturated heterocycles. The van der Waals surface area contributed by atoms with E-state index in [4.69, 9.17) is 4.42 Å². The number of aromatic nitrogens is 2. The van der Waals surface area contributed by atoms with Crippen molar-refractivity contribution in [3.63, 3.8) is 0 Å². The van der Waals surface area contributed by atoms with Crippen molar-refractivity contribution in [3.8, 4) is 33.6 Å². The van der Waals surface area contributed by atoms with Gasteiger partial charge in [-0.1, -0.05) is 85.2 Å². The molecule has 0 fully saturated rings. The van der Waals surface area contributed by atoms with Crippen LogP contribution in [0.15, 0.2) is 120 Å². The predicted molar refractivity (Wildman–Crippen MR) is 177 cm³/mol. The quantitative estimate of drug-likeness (QED) is 0.132. The first-order chi connectivity index (χ1) is 20.8. The van der Waals surface area contributed by atoms with Crippen LogP contribution in [-0.2, 0) is 20.1 Å². The molecule has 44 heavy (non-hydrogen) atoms. The van der Waals surface area contributed by atoms with Crippen LogP contribution in [-0.4, -0.2) is 18.0 Å². The first-order valence-electron chi connectivity index (χ1n) is 14.3. The Morgan fingerprint density at radius 2 is 1.50 bits per heavy atom. The van der Waals surface area contributed by atoms with Gasteiger partial charge in [0.1, 0.15) is 11.4 Å². The predicted octanol–water partition coefficient (Wildman–Crippen LogP) is 9.65. The molecule has 0 bridgehead atoms. The summed E-state index contributed by atoms with van der Waals surface area (Å²) in [6.07, 6.45) is 3.80. The van der Waals surface area contributed by atoms with Crippen molar-refractivity contribution in [1.82, 2.24) is 9.97 Å². The van der Waals surface area contributed by atoms with Gasteiger partial charge < -0.3 is 14.4 Å². The minimum atomic E-state index is -1.23. The standard InChI is InChI=1S/C24H15FNO.C14H16NSi.Ir/c1-15-9-10-26-22(11-15)17-7-8-18-20-13-21(25)19(16-5-3-2-4-6-16)14-24(20)27-23(18)12-17;1-16(2,3)13-9-10-14(15-11-13)12-7-5-4-6-8-12;/h2-6,8-14H,1H3;4-7,9-11H,1-3H3;/q2*-1;. The number of furan rings is 1.